The number of primary amides is 1. The molecule has 0 aliphatic rings. The number of benzene rings is 1. The second-order valence-corrected chi connectivity index (χ2v) is 6.39. The average molecular weight is 350 g/mol. The molecule has 1 aromatic carbocycles. The number of oxazole rings is 1. The topological polar surface area (TPSA) is 86.9 Å². The van der Waals surface area contributed by atoms with E-state index < -0.39 is 5.91 Å². The van der Waals surface area contributed by atoms with E-state index in [-0.39, 0.29) is 0 Å². The van der Waals surface area contributed by atoms with Crippen molar-refractivity contribution in [1.29, 1.82) is 0 Å². The fraction of sp³-hybridized carbons (Fsp3) is 0.0556. The van der Waals surface area contributed by atoms with Crippen molar-refractivity contribution in [2.45, 2.75) is 6.54 Å². The summed E-state index contributed by atoms with van der Waals surface area (Å²) in [5.41, 5.74) is 8.02. The smallest absolute Gasteiger partial charge is 0.252 e. The first-order valence-corrected chi connectivity index (χ1v) is 8.49. The number of nitrogens with zero attached hydrogens (tertiary/aromatic N) is 3. The van der Waals surface area contributed by atoms with E-state index >= 15 is 0 Å². The molecule has 0 saturated carbocycles. The molecule has 0 spiro atoms. The van der Waals surface area contributed by atoms with Gasteiger partial charge in [-0.2, -0.15) is 5.10 Å². The van der Waals surface area contributed by atoms with Crippen LogP contribution in [-0.4, -0.2) is 20.7 Å². The van der Waals surface area contributed by atoms with Crippen LogP contribution in [0.15, 0.2) is 64.7 Å². The number of amides is 1. The highest BCUT2D eigenvalue weighted by Gasteiger charge is 2.16. The van der Waals surface area contributed by atoms with Crippen molar-refractivity contribution in [3.63, 3.8) is 0 Å². The maximum Gasteiger partial charge on any atom is 0.252 e. The van der Waals surface area contributed by atoms with E-state index in [9.17, 15) is 4.79 Å². The Balaban J connectivity index is 1.64. The van der Waals surface area contributed by atoms with E-state index in [1.165, 1.54) is 0 Å². The van der Waals surface area contributed by atoms with Crippen molar-refractivity contribution in [2.75, 3.05) is 0 Å². The van der Waals surface area contributed by atoms with Gasteiger partial charge < -0.3 is 10.2 Å². The molecule has 0 bridgehead atoms. The second-order valence-electron chi connectivity index (χ2n) is 5.44. The van der Waals surface area contributed by atoms with Crippen molar-refractivity contribution in [3.05, 3.63) is 71.6 Å². The predicted octanol–water partition coefficient (Wildman–Crippen LogP) is 3.41. The average Bonchev–Trinajstić information content (AvgIpc) is 3.36. The van der Waals surface area contributed by atoms with E-state index in [4.69, 9.17) is 10.2 Å². The van der Waals surface area contributed by atoms with Gasteiger partial charge in [0.05, 0.1) is 17.0 Å². The Morgan fingerprint density at radius 1 is 1.20 bits per heavy atom. The highest BCUT2D eigenvalue weighted by molar-refractivity contribution is 7.13. The van der Waals surface area contributed by atoms with Crippen LogP contribution in [0.4, 0.5) is 0 Å². The third-order valence-corrected chi connectivity index (χ3v) is 4.54. The molecule has 0 radical (unpaired) electrons. The Morgan fingerprint density at radius 3 is 2.76 bits per heavy atom. The van der Waals surface area contributed by atoms with Crippen molar-refractivity contribution >= 4 is 17.2 Å². The summed E-state index contributed by atoms with van der Waals surface area (Å²) >= 11 is 1.56. The number of aromatic nitrogens is 3. The monoisotopic (exact) mass is 350 g/mol. The largest absolute Gasteiger partial charge is 0.443 e. The summed E-state index contributed by atoms with van der Waals surface area (Å²) in [7, 11) is 0. The van der Waals surface area contributed by atoms with Crippen LogP contribution < -0.4 is 5.73 Å². The normalized spacial score (nSPS) is 10.9. The maximum atomic E-state index is 11.8. The van der Waals surface area contributed by atoms with Gasteiger partial charge in [0.1, 0.15) is 17.7 Å². The van der Waals surface area contributed by atoms with E-state index in [0.29, 0.717) is 23.7 Å². The lowest BCUT2D eigenvalue weighted by molar-refractivity contribution is 0.100. The lowest BCUT2D eigenvalue weighted by Crippen LogP contribution is -2.11. The molecule has 0 aliphatic carbocycles. The van der Waals surface area contributed by atoms with E-state index in [1.807, 2.05) is 47.8 Å². The van der Waals surface area contributed by atoms with Gasteiger partial charge in [0.2, 0.25) is 5.89 Å². The summed E-state index contributed by atoms with van der Waals surface area (Å²) in [6.07, 6.45) is 3.24. The molecule has 4 aromatic rings. The summed E-state index contributed by atoms with van der Waals surface area (Å²) in [6, 6.07) is 13.4. The molecule has 124 valence electrons. The van der Waals surface area contributed by atoms with Crippen LogP contribution in [0.3, 0.4) is 0 Å². The molecule has 2 N–H and O–H groups in total. The number of thiophene rings is 1. The first kappa shape index (κ1) is 15.3. The van der Waals surface area contributed by atoms with Crippen molar-refractivity contribution in [2.24, 2.45) is 5.73 Å². The lowest BCUT2D eigenvalue weighted by atomic mass is 10.1. The van der Waals surface area contributed by atoms with Gasteiger partial charge in [-0.15, -0.1) is 11.3 Å². The predicted molar refractivity (Wildman–Crippen MR) is 95.1 cm³/mol. The fourth-order valence-electron chi connectivity index (χ4n) is 2.55. The van der Waals surface area contributed by atoms with Crippen LogP contribution in [0.5, 0.6) is 0 Å². The first-order chi connectivity index (χ1) is 12.2. The van der Waals surface area contributed by atoms with Gasteiger partial charge in [-0.05, 0) is 11.4 Å². The summed E-state index contributed by atoms with van der Waals surface area (Å²) in [5, 5.41) is 6.48. The molecular formula is C18H14N4O2S. The number of carbonyl (C=O) groups is 1. The number of nitrogens with two attached hydrogens (primary N) is 1. The SMILES string of the molecule is NC(=O)c1cn(Cc2coc(-c3cccs3)n2)nc1-c1ccccc1. The molecule has 0 fully saturated rings. The molecule has 7 heteroatoms. The standard InChI is InChI=1S/C18H14N4O2S/c19-17(23)14-10-22(21-16(14)12-5-2-1-3-6-12)9-13-11-24-18(20-13)15-7-4-8-25-15/h1-8,10-11H,9H2,(H2,19,23). The minimum atomic E-state index is -0.510. The second kappa shape index (κ2) is 6.37. The van der Waals surface area contributed by atoms with E-state index in [2.05, 4.69) is 10.1 Å². The summed E-state index contributed by atoms with van der Waals surface area (Å²) in [5.74, 6) is 0.0695. The van der Waals surface area contributed by atoms with Gasteiger partial charge in [0.25, 0.3) is 5.91 Å². The van der Waals surface area contributed by atoms with Gasteiger partial charge in [-0.3, -0.25) is 9.48 Å². The third kappa shape index (κ3) is 3.09. The Morgan fingerprint density at radius 2 is 2.04 bits per heavy atom. The van der Waals surface area contributed by atoms with Crippen molar-refractivity contribution < 1.29 is 9.21 Å². The van der Waals surface area contributed by atoms with Crippen molar-refractivity contribution in [1.82, 2.24) is 14.8 Å². The lowest BCUT2D eigenvalue weighted by Gasteiger charge is -1.98. The number of hydrogen-bond acceptors (Lipinski definition) is 5. The highest BCUT2D eigenvalue weighted by Crippen LogP contribution is 2.25. The number of carbonyl (C=O) groups excluding carboxylic acids is 1. The molecule has 25 heavy (non-hydrogen) atoms. The molecular weight excluding hydrogens is 336 g/mol. The Labute approximate surface area is 147 Å². The first-order valence-electron chi connectivity index (χ1n) is 7.61. The van der Waals surface area contributed by atoms with Crippen LogP contribution in [0.25, 0.3) is 22.0 Å². The number of hydrogen-bond donors (Lipinski definition) is 1. The zero-order valence-corrected chi connectivity index (χ0v) is 13.9. The summed E-state index contributed by atoms with van der Waals surface area (Å²) < 4.78 is 7.17. The minimum Gasteiger partial charge on any atom is -0.443 e. The highest BCUT2D eigenvalue weighted by atomic mass is 32.1. The van der Waals surface area contributed by atoms with Gasteiger partial charge in [0, 0.05) is 11.8 Å². The quantitative estimate of drug-likeness (QED) is 0.597. The van der Waals surface area contributed by atoms with Crippen LogP contribution in [-0.2, 0) is 6.54 Å². The number of rotatable bonds is 5. The molecule has 1 amide bonds. The van der Waals surface area contributed by atoms with E-state index in [0.717, 1.165) is 16.1 Å². The Hall–Kier alpha value is -3.19. The molecule has 0 unspecified atom stereocenters. The Bertz CT molecular complexity index is 1000. The molecule has 6 nitrogen and oxygen atoms in total. The zero-order valence-electron chi connectivity index (χ0n) is 13.1. The molecule has 3 heterocycles. The van der Waals surface area contributed by atoms with Gasteiger partial charge in [-0.1, -0.05) is 36.4 Å². The maximum absolute atomic E-state index is 11.8. The van der Waals surface area contributed by atoms with Crippen LogP contribution >= 0.6 is 11.3 Å². The summed E-state index contributed by atoms with van der Waals surface area (Å²) in [4.78, 5) is 17.2. The Kier molecular flexibility index (Phi) is 3.91. The molecule has 0 aliphatic heterocycles. The van der Waals surface area contributed by atoms with E-state index in [1.54, 1.807) is 28.5 Å². The van der Waals surface area contributed by atoms with Gasteiger partial charge in [0.15, 0.2) is 0 Å². The van der Waals surface area contributed by atoms with Gasteiger partial charge >= 0.3 is 0 Å². The van der Waals surface area contributed by atoms with Crippen LogP contribution in [0.1, 0.15) is 16.1 Å². The zero-order chi connectivity index (χ0) is 17.2. The minimum absolute atomic E-state index is 0.383. The molecule has 3 aromatic heterocycles. The summed E-state index contributed by atoms with van der Waals surface area (Å²) in [6.45, 7) is 0.391. The molecule has 0 saturated heterocycles. The third-order valence-electron chi connectivity index (χ3n) is 3.68. The molecule has 0 atom stereocenters. The van der Waals surface area contributed by atoms with Crippen LogP contribution in [0, 0.1) is 0 Å². The van der Waals surface area contributed by atoms with Crippen molar-refractivity contribution in [3.8, 4) is 22.0 Å². The van der Waals surface area contributed by atoms with Crippen LogP contribution in [0.2, 0.25) is 0 Å². The fourth-order valence-corrected chi connectivity index (χ4v) is 3.21. The van der Waals surface area contributed by atoms with Gasteiger partial charge in [-0.25, -0.2) is 4.98 Å². The molecule has 4 rings (SSSR count).